The Morgan fingerprint density at radius 3 is 2.73 bits per heavy atom. The normalized spacial score (nSPS) is 16.3. The fraction of sp³-hybridized carbons (Fsp3) is 0.118. The van der Waals surface area contributed by atoms with Gasteiger partial charge in [-0.1, -0.05) is 12.1 Å². The maximum absolute atomic E-state index is 12.6. The summed E-state index contributed by atoms with van der Waals surface area (Å²) in [6.45, 7) is 0.524. The first-order valence-electron chi connectivity index (χ1n) is 7.66. The minimum atomic E-state index is -4.77. The zero-order valence-corrected chi connectivity index (χ0v) is 13.3. The number of aromatic nitrogens is 2. The van der Waals surface area contributed by atoms with Crippen LogP contribution in [0.5, 0.6) is 5.75 Å². The Bertz CT molecular complexity index is 908. The van der Waals surface area contributed by atoms with E-state index in [-0.39, 0.29) is 11.3 Å². The molecule has 0 bridgehead atoms. The molecule has 132 valence electrons. The van der Waals surface area contributed by atoms with Crippen molar-refractivity contribution in [1.29, 1.82) is 0 Å². The molecule has 0 saturated heterocycles. The Kier molecular flexibility index (Phi) is 3.83. The van der Waals surface area contributed by atoms with Gasteiger partial charge in [0.2, 0.25) is 0 Å². The first-order valence-corrected chi connectivity index (χ1v) is 7.66. The van der Waals surface area contributed by atoms with Crippen molar-refractivity contribution in [3.05, 3.63) is 72.6 Å². The number of allylic oxidation sites excluding steroid dienone is 1. The number of halogens is 3. The maximum atomic E-state index is 12.6. The van der Waals surface area contributed by atoms with Crippen molar-refractivity contribution >= 4 is 11.5 Å². The Hall–Kier alpha value is -3.36. The van der Waals surface area contributed by atoms with Crippen molar-refractivity contribution in [3.63, 3.8) is 0 Å². The van der Waals surface area contributed by atoms with Crippen LogP contribution in [0, 0.1) is 0 Å². The van der Waals surface area contributed by atoms with Crippen LogP contribution in [0.3, 0.4) is 0 Å². The topological polar surface area (TPSA) is 53.9 Å². The van der Waals surface area contributed by atoms with Crippen molar-refractivity contribution in [2.75, 3.05) is 11.6 Å². The third-order valence-corrected chi connectivity index (χ3v) is 3.75. The lowest BCUT2D eigenvalue weighted by Crippen LogP contribution is -2.35. The quantitative estimate of drug-likeness (QED) is 0.842. The fourth-order valence-corrected chi connectivity index (χ4v) is 2.70. The van der Waals surface area contributed by atoms with E-state index in [0.29, 0.717) is 23.9 Å². The van der Waals surface area contributed by atoms with Crippen LogP contribution in [0.1, 0.15) is 5.56 Å². The van der Waals surface area contributed by atoms with Crippen LogP contribution in [0.15, 0.2) is 72.0 Å². The molecule has 0 fully saturated rings. The largest absolute Gasteiger partial charge is 0.573 e. The summed E-state index contributed by atoms with van der Waals surface area (Å²) in [6.07, 6.45) is 5.22. The van der Waals surface area contributed by atoms with E-state index in [0.717, 1.165) is 0 Å². The number of hydrogen-bond acceptors (Lipinski definition) is 6. The number of hydrazine groups is 1. The van der Waals surface area contributed by atoms with Gasteiger partial charge >= 0.3 is 6.36 Å². The predicted molar refractivity (Wildman–Crippen MR) is 88.1 cm³/mol. The minimum Gasteiger partial charge on any atom is -0.405 e. The van der Waals surface area contributed by atoms with Gasteiger partial charge < -0.3 is 4.74 Å². The molecule has 0 atom stereocenters. The highest BCUT2D eigenvalue weighted by Gasteiger charge is 2.33. The molecule has 0 saturated carbocycles. The van der Waals surface area contributed by atoms with E-state index in [9.17, 15) is 13.2 Å². The van der Waals surface area contributed by atoms with Crippen LogP contribution >= 0.6 is 0 Å². The highest BCUT2D eigenvalue weighted by Crippen LogP contribution is 2.31. The van der Waals surface area contributed by atoms with Crippen molar-refractivity contribution < 1.29 is 17.9 Å². The van der Waals surface area contributed by atoms with Gasteiger partial charge in [0.1, 0.15) is 11.6 Å². The van der Waals surface area contributed by atoms with Gasteiger partial charge in [0.05, 0.1) is 18.5 Å². The van der Waals surface area contributed by atoms with E-state index >= 15 is 0 Å². The third-order valence-electron chi connectivity index (χ3n) is 3.75. The van der Waals surface area contributed by atoms with E-state index in [4.69, 9.17) is 0 Å². The molecule has 6 nitrogen and oxygen atoms in total. The molecule has 1 aromatic heterocycles. The van der Waals surface area contributed by atoms with Crippen LogP contribution in [0.4, 0.5) is 19.0 Å². The van der Waals surface area contributed by atoms with Crippen LogP contribution in [0.2, 0.25) is 0 Å². The van der Waals surface area contributed by atoms with Crippen molar-refractivity contribution in [2.24, 2.45) is 4.99 Å². The molecule has 0 unspecified atom stereocenters. The predicted octanol–water partition coefficient (Wildman–Crippen LogP) is 3.27. The number of anilines is 1. The number of nitrogens with zero attached hydrogens (tertiary/aromatic N) is 5. The second-order valence-electron chi connectivity index (χ2n) is 5.41. The lowest BCUT2D eigenvalue weighted by atomic mass is 10.1. The van der Waals surface area contributed by atoms with Gasteiger partial charge in [0.15, 0.2) is 5.82 Å². The fourth-order valence-electron chi connectivity index (χ4n) is 2.70. The molecular formula is C17H12F3N5O. The molecule has 1 aromatic carbocycles. The Balaban J connectivity index is 1.62. The van der Waals surface area contributed by atoms with Crippen molar-refractivity contribution in [3.8, 4) is 5.75 Å². The van der Waals surface area contributed by atoms with Gasteiger partial charge in [0.25, 0.3) is 0 Å². The van der Waals surface area contributed by atoms with Crippen molar-refractivity contribution in [2.45, 2.75) is 6.36 Å². The van der Waals surface area contributed by atoms with Crippen LogP contribution in [-0.4, -0.2) is 33.6 Å². The number of benzene rings is 1. The number of fused-ring (bicyclic) bond motifs is 1. The maximum Gasteiger partial charge on any atom is 0.573 e. The molecule has 26 heavy (non-hydrogen) atoms. The van der Waals surface area contributed by atoms with E-state index in [1.807, 2.05) is 11.1 Å². The second-order valence-corrected chi connectivity index (χ2v) is 5.41. The summed E-state index contributed by atoms with van der Waals surface area (Å²) in [7, 11) is 0. The summed E-state index contributed by atoms with van der Waals surface area (Å²) < 4.78 is 42.0. The Morgan fingerprint density at radius 2 is 1.96 bits per heavy atom. The molecule has 0 radical (unpaired) electrons. The minimum absolute atomic E-state index is 0.263. The highest BCUT2D eigenvalue weighted by atomic mass is 19.4. The zero-order chi connectivity index (χ0) is 18.1. The van der Waals surface area contributed by atoms with Gasteiger partial charge in [-0.25, -0.2) is 15.0 Å². The number of hydrogen-bond donors (Lipinski definition) is 0. The van der Waals surface area contributed by atoms with Gasteiger partial charge in [-0.15, -0.1) is 13.2 Å². The van der Waals surface area contributed by atoms with E-state index in [1.54, 1.807) is 41.9 Å². The van der Waals surface area contributed by atoms with Gasteiger partial charge in [0, 0.05) is 24.2 Å². The van der Waals surface area contributed by atoms with E-state index < -0.39 is 6.36 Å². The van der Waals surface area contributed by atoms with E-state index in [1.165, 1.54) is 18.2 Å². The summed E-state index contributed by atoms with van der Waals surface area (Å²) in [4.78, 5) is 12.7. The highest BCUT2D eigenvalue weighted by molar-refractivity contribution is 6.11. The first kappa shape index (κ1) is 16.1. The van der Waals surface area contributed by atoms with E-state index in [2.05, 4.69) is 19.7 Å². The van der Waals surface area contributed by atoms with Gasteiger partial charge in [-0.05, 0) is 24.3 Å². The standard InChI is InChI=1S/C17H12F3N5O/c18-17(19,20)26-14-4-2-1-3-12(14)13-5-9-24-15(23-13)6-10-25(24)16-11-21-7-8-22-16/h1-9,11H,10H2. The average molecular weight is 359 g/mol. The number of ether oxygens (including phenoxy) is 1. The molecule has 4 rings (SSSR count). The second kappa shape index (κ2) is 6.17. The summed E-state index contributed by atoms with van der Waals surface area (Å²) >= 11 is 0. The van der Waals surface area contributed by atoms with Gasteiger partial charge in [-0.2, -0.15) is 0 Å². The lowest BCUT2D eigenvalue weighted by Gasteiger charge is -2.30. The number of aliphatic imine (C=N–C) groups is 1. The monoisotopic (exact) mass is 359 g/mol. The smallest absolute Gasteiger partial charge is 0.405 e. The number of rotatable bonds is 3. The van der Waals surface area contributed by atoms with Crippen molar-refractivity contribution in [1.82, 2.24) is 15.0 Å². The number of para-hydroxylation sites is 1. The molecule has 2 aliphatic heterocycles. The molecule has 0 spiro atoms. The molecule has 9 heteroatoms. The summed E-state index contributed by atoms with van der Waals surface area (Å²) in [5, 5.41) is 3.61. The molecule has 0 N–H and O–H groups in total. The molecule has 0 amide bonds. The number of alkyl halides is 3. The zero-order valence-electron chi connectivity index (χ0n) is 13.3. The Labute approximate surface area is 146 Å². The molecular weight excluding hydrogens is 347 g/mol. The van der Waals surface area contributed by atoms with Crippen LogP contribution in [0.25, 0.3) is 0 Å². The SMILES string of the molecule is FC(F)(F)Oc1ccccc1C1=NC2=CCN(c3cnccn3)N2C=C1. The molecule has 3 heterocycles. The molecule has 2 aliphatic rings. The summed E-state index contributed by atoms with van der Waals surface area (Å²) in [5.41, 5.74) is 0.646. The van der Waals surface area contributed by atoms with Crippen LogP contribution in [-0.2, 0) is 0 Å². The summed E-state index contributed by atoms with van der Waals surface area (Å²) in [5.74, 6) is 0.944. The van der Waals surface area contributed by atoms with Crippen LogP contribution < -0.4 is 9.75 Å². The Morgan fingerprint density at radius 1 is 1.12 bits per heavy atom. The van der Waals surface area contributed by atoms with Gasteiger partial charge in [-0.3, -0.25) is 9.99 Å². The third kappa shape index (κ3) is 3.10. The molecule has 2 aromatic rings. The molecule has 0 aliphatic carbocycles. The average Bonchev–Trinajstić information content (AvgIpc) is 3.05. The summed E-state index contributed by atoms with van der Waals surface area (Å²) in [6, 6.07) is 5.92. The first-order chi connectivity index (χ1) is 12.5. The lowest BCUT2D eigenvalue weighted by molar-refractivity contribution is -0.274.